The van der Waals surface area contributed by atoms with Gasteiger partial charge >= 0.3 is 6.18 Å². The quantitative estimate of drug-likeness (QED) is 0.878. The first kappa shape index (κ1) is 15.4. The summed E-state index contributed by atoms with van der Waals surface area (Å²) in [5.74, 6) is -0.433. The average molecular weight is 299 g/mol. The summed E-state index contributed by atoms with van der Waals surface area (Å²) in [6.07, 6.45) is -2.14. The van der Waals surface area contributed by atoms with Crippen molar-refractivity contribution >= 4 is 0 Å². The van der Waals surface area contributed by atoms with Crippen molar-refractivity contribution in [1.82, 2.24) is 15.3 Å². The van der Waals surface area contributed by atoms with Crippen LogP contribution in [0.4, 0.5) is 17.6 Å². The molecule has 0 saturated carbocycles. The molecule has 0 spiro atoms. The first-order valence-corrected chi connectivity index (χ1v) is 6.24. The lowest BCUT2D eigenvalue weighted by Crippen LogP contribution is -2.21. The smallest absolute Gasteiger partial charge is 0.303 e. The molecule has 0 aliphatic heterocycles. The molecule has 0 aliphatic rings. The zero-order chi connectivity index (χ0) is 15.5. The number of alkyl halides is 3. The van der Waals surface area contributed by atoms with Gasteiger partial charge in [-0.3, -0.25) is 9.97 Å². The fraction of sp³-hybridized carbons (Fsp3) is 0.286. The summed E-state index contributed by atoms with van der Waals surface area (Å²) in [5, 5.41) is 2.97. The average Bonchev–Trinajstić information content (AvgIpc) is 2.45. The summed E-state index contributed by atoms with van der Waals surface area (Å²) in [5.41, 5.74) is -0.106. The van der Waals surface area contributed by atoms with Crippen LogP contribution >= 0.6 is 0 Å². The molecule has 0 aliphatic carbocycles. The van der Waals surface area contributed by atoms with E-state index in [-0.39, 0.29) is 18.3 Å². The van der Waals surface area contributed by atoms with Gasteiger partial charge in [0.2, 0.25) is 0 Å². The Bertz CT molecular complexity index is 596. The Hall–Kier alpha value is -2.02. The summed E-state index contributed by atoms with van der Waals surface area (Å²) in [4.78, 5) is 7.67. The van der Waals surface area contributed by atoms with Crippen LogP contribution in [0.1, 0.15) is 29.9 Å². The first-order valence-electron chi connectivity index (χ1n) is 6.24. The summed E-state index contributed by atoms with van der Waals surface area (Å²) in [7, 11) is 0. The Morgan fingerprint density at radius 3 is 2.52 bits per heavy atom. The van der Waals surface area contributed by atoms with E-state index in [2.05, 4.69) is 15.3 Å². The number of rotatable bonds is 4. The summed E-state index contributed by atoms with van der Waals surface area (Å²) in [6.45, 7) is 1.94. The Labute approximate surface area is 119 Å². The van der Waals surface area contributed by atoms with Crippen molar-refractivity contribution in [1.29, 1.82) is 0 Å². The highest BCUT2D eigenvalue weighted by molar-refractivity contribution is 5.17. The van der Waals surface area contributed by atoms with E-state index < -0.39 is 17.6 Å². The van der Waals surface area contributed by atoms with Gasteiger partial charge < -0.3 is 5.32 Å². The number of pyridine rings is 2. The zero-order valence-corrected chi connectivity index (χ0v) is 11.2. The molecule has 2 rings (SSSR count). The minimum atomic E-state index is -4.40. The number of aromatic nitrogens is 2. The molecule has 21 heavy (non-hydrogen) atoms. The van der Waals surface area contributed by atoms with E-state index in [1.165, 1.54) is 24.4 Å². The fourth-order valence-corrected chi connectivity index (χ4v) is 1.77. The molecule has 112 valence electrons. The van der Waals surface area contributed by atoms with Gasteiger partial charge in [0.15, 0.2) is 0 Å². The predicted octanol–water partition coefficient (Wildman–Crippen LogP) is 3.49. The molecule has 0 radical (unpaired) electrons. The Morgan fingerprint density at radius 2 is 1.95 bits per heavy atom. The second kappa shape index (κ2) is 6.17. The third-order valence-electron chi connectivity index (χ3n) is 2.94. The maximum Gasteiger partial charge on any atom is 0.417 e. The highest BCUT2D eigenvalue weighted by Gasteiger charge is 2.30. The van der Waals surface area contributed by atoms with Gasteiger partial charge in [-0.05, 0) is 31.2 Å². The largest absolute Gasteiger partial charge is 0.417 e. The van der Waals surface area contributed by atoms with E-state index in [9.17, 15) is 17.6 Å². The van der Waals surface area contributed by atoms with Crippen molar-refractivity contribution in [3.05, 3.63) is 59.4 Å². The van der Waals surface area contributed by atoms with Gasteiger partial charge in [0.1, 0.15) is 5.82 Å². The third kappa shape index (κ3) is 3.98. The third-order valence-corrected chi connectivity index (χ3v) is 2.94. The van der Waals surface area contributed by atoms with Crippen molar-refractivity contribution in [2.75, 3.05) is 0 Å². The van der Waals surface area contributed by atoms with E-state index in [1.54, 1.807) is 6.92 Å². The SMILES string of the molecule is C[C@@H](NCc1ccc(C(F)(F)F)cn1)c1ncccc1F. The molecule has 0 bridgehead atoms. The van der Waals surface area contributed by atoms with Crippen LogP contribution in [0.3, 0.4) is 0 Å². The number of hydrogen-bond donors (Lipinski definition) is 1. The van der Waals surface area contributed by atoms with E-state index in [0.717, 1.165) is 12.3 Å². The molecule has 0 amide bonds. The van der Waals surface area contributed by atoms with Crippen molar-refractivity contribution in [3.63, 3.8) is 0 Å². The molecule has 1 atom stereocenters. The Balaban J connectivity index is 1.99. The molecule has 0 saturated heterocycles. The van der Waals surface area contributed by atoms with Gasteiger partial charge in [-0.2, -0.15) is 13.2 Å². The van der Waals surface area contributed by atoms with Crippen LogP contribution in [0.25, 0.3) is 0 Å². The monoisotopic (exact) mass is 299 g/mol. The molecule has 0 fully saturated rings. The second-order valence-corrected chi connectivity index (χ2v) is 4.51. The Morgan fingerprint density at radius 1 is 1.19 bits per heavy atom. The zero-order valence-electron chi connectivity index (χ0n) is 11.2. The van der Waals surface area contributed by atoms with Crippen LogP contribution in [0.5, 0.6) is 0 Å². The van der Waals surface area contributed by atoms with Gasteiger partial charge in [-0.15, -0.1) is 0 Å². The minimum absolute atomic E-state index is 0.218. The number of nitrogens with zero attached hydrogens (tertiary/aromatic N) is 2. The predicted molar refractivity (Wildman–Crippen MR) is 68.7 cm³/mol. The van der Waals surface area contributed by atoms with E-state index >= 15 is 0 Å². The molecular weight excluding hydrogens is 286 g/mol. The molecule has 7 heteroatoms. The lowest BCUT2D eigenvalue weighted by atomic mass is 10.2. The van der Waals surface area contributed by atoms with Crippen molar-refractivity contribution < 1.29 is 17.6 Å². The number of nitrogens with one attached hydrogen (secondary N) is 1. The van der Waals surface area contributed by atoms with Gasteiger partial charge in [-0.1, -0.05) is 0 Å². The lowest BCUT2D eigenvalue weighted by molar-refractivity contribution is -0.137. The van der Waals surface area contributed by atoms with Crippen molar-refractivity contribution in [2.45, 2.75) is 25.7 Å². The van der Waals surface area contributed by atoms with Crippen LogP contribution < -0.4 is 5.32 Å². The molecule has 0 aromatic carbocycles. The van der Waals surface area contributed by atoms with Crippen LogP contribution in [-0.4, -0.2) is 9.97 Å². The van der Waals surface area contributed by atoms with Gasteiger partial charge in [0.25, 0.3) is 0 Å². The fourth-order valence-electron chi connectivity index (χ4n) is 1.77. The van der Waals surface area contributed by atoms with Crippen LogP contribution in [0, 0.1) is 5.82 Å². The normalized spacial score (nSPS) is 13.2. The molecule has 1 N–H and O–H groups in total. The maximum absolute atomic E-state index is 13.5. The van der Waals surface area contributed by atoms with Gasteiger partial charge in [0.05, 0.1) is 17.0 Å². The highest BCUT2D eigenvalue weighted by Crippen LogP contribution is 2.28. The van der Waals surface area contributed by atoms with Gasteiger partial charge in [-0.25, -0.2) is 4.39 Å². The van der Waals surface area contributed by atoms with E-state index in [4.69, 9.17) is 0 Å². The summed E-state index contributed by atoms with van der Waals surface area (Å²) < 4.78 is 50.7. The van der Waals surface area contributed by atoms with Crippen molar-refractivity contribution in [3.8, 4) is 0 Å². The first-order chi connectivity index (χ1) is 9.88. The number of hydrogen-bond acceptors (Lipinski definition) is 3. The summed E-state index contributed by atoms with van der Waals surface area (Å²) in [6, 6.07) is 4.67. The summed E-state index contributed by atoms with van der Waals surface area (Å²) >= 11 is 0. The maximum atomic E-state index is 13.5. The molecule has 2 aromatic heterocycles. The van der Waals surface area contributed by atoms with Crippen LogP contribution in [-0.2, 0) is 12.7 Å². The second-order valence-electron chi connectivity index (χ2n) is 4.51. The van der Waals surface area contributed by atoms with Crippen LogP contribution in [0.15, 0.2) is 36.7 Å². The molecule has 0 unspecified atom stereocenters. The molecule has 2 aromatic rings. The minimum Gasteiger partial charge on any atom is -0.303 e. The van der Waals surface area contributed by atoms with Gasteiger partial charge in [0, 0.05) is 25.0 Å². The highest BCUT2D eigenvalue weighted by atomic mass is 19.4. The topological polar surface area (TPSA) is 37.8 Å². The van der Waals surface area contributed by atoms with Crippen LogP contribution in [0.2, 0.25) is 0 Å². The van der Waals surface area contributed by atoms with E-state index in [1.807, 2.05) is 0 Å². The molecule has 3 nitrogen and oxygen atoms in total. The standard InChI is InChI=1S/C14H13F4N3/c1-9(13-12(15)3-2-6-19-13)20-8-11-5-4-10(7-21-11)14(16,17)18/h2-7,9,20H,8H2,1H3/t9-/m1/s1. The lowest BCUT2D eigenvalue weighted by Gasteiger charge is -2.14. The van der Waals surface area contributed by atoms with E-state index in [0.29, 0.717) is 5.69 Å². The molecule has 2 heterocycles. The molecular formula is C14H13F4N3. The Kier molecular flexibility index (Phi) is 4.52. The van der Waals surface area contributed by atoms with Crippen molar-refractivity contribution in [2.24, 2.45) is 0 Å². The number of halogens is 4.